The van der Waals surface area contributed by atoms with Gasteiger partial charge >= 0.3 is 8.80 Å². The first-order valence-electron chi connectivity index (χ1n) is 8.25. The van der Waals surface area contributed by atoms with Crippen LogP contribution in [0.3, 0.4) is 0 Å². The molecule has 1 aromatic rings. The number of hydrogen-bond acceptors (Lipinski definition) is 3. The van der Waals surface area contributed by atoms with Crippen LogP contribution in [-0.2, 0) is 19.7 Å². The first kappa shape index (κ1) is 21.2. The minimum atomic E-state index is -2.62. The lowest BCUT2D eigenvalue weighted by molar-refractivity contribution is 0.0693. The lowest BCUT2D eigenvalue weighted by atomic mass is 10.1. The van der Waals surface area contributed by atoms with Crippen LogP contribution >= 0.6 is 0 Å². The second kappa shape index (κ2) is 10.2. The number of unbranched alkanes of at least 4 members (excludes halogenated alkanes) is 3. The zero-order chi connectivity index (χ0) is 18.2. The van der Waals surface area contributed by atoms with Gasteiger partial charge in [0.15, 0.2) is 0 Å². The summed E-state index contributed by atoms with van der Waals surface area (Å²) < 4.78 is 56.7. The number of hydrogen-bond donors (Lipinski definition) is 0. The molecule has 0 aromatic heterocycles. The summed E-state index contributed by atoms with van der Waals surface area (Å²) in [6.07, 6.45) is 3.48. The van der Waals surface area contributed by atoms with Crippen molar-refractivity contribution in [2.24, 2.45) is 0 Å². The molecule has 7 heteroatoms. The molecule has 0 fully saturated rings. The van der Waals surface area contributed by atoms with Crippen LogP contribution in [0.2, 0.25) is 6.04 Å². The molecule has 138 valence electrons. The van der Waals surface area contributed by atoms with Crippen LogP contribution in [0.15, 0.2) is 12.1 Å². The van der Waals surface area contributed by atoms with Crippen LogP contribution in [-0.4, -0.2) is 29.1 Å². The van der Waals surface area contributed by atoms with Gasteiger partial charge in [0, 0.05) is 44.1 Å². The Labute approximate surface area is 143 Å². The highest BCUT2D eigenvalue weighted by Crippen LogP contribution is 2.22. The predicted molar refractivity (Wildman–Crippen MR) is 89.3 cm³/mol. The van der Waals surface area contributed by atoms with E-state index in [1.807, 2.05) is 13.8 Å². The highest BCUT2D eigenvalue weighted by molar-refractivity contribution is 6.60. The van der Waals surface area contributed by atoms with Gasteiger partial charge in [-0.1, -0.05) is 12.8 Å². The third kappa shape index (κ3) is 6.55. The molecule has 0 unspecified atom stereocenters. The molecule has 0 amide bonds. The van der Waals surface area contributed by atoms with Crippen molar-refractivity contribution < 1.29 is 26.4 Å². The van der Waals surface area contributed by atoms with Crippen molar-refractivity contribution in [1.29, 1.82) is 0 Å². The molecule has 0 aliphatic rings. The van der Waals surface area contributed by atoms with Crippen molar-refractivity contribution in [1.82, 2.24) is 0 Å². The molecule has 1 aromatic carbocycles. The van der Waals surface area contributed by atoms with Crippen LogP contribution in [0.4, 0.5) is 13.2 Å². The molecular weight excluding hydrogens is 337 g/mol. The minimum Gasteiger partial charge on any atom is -0.377 e. The molecule has 0 heterocycles. The monoisotopic (exact) mass is 364 g/mol. The number of rotatable bonds is 11. The predicted octanol–water partition coefficient (Wildman–Crippen LogP) is 4.86. The number of benzene rings is 1. The Kier molecular flexibility index (Phi) is 8.97. The van der Waals surface area contributed by atoms with Gasteiger partial charge in [0.1, 0.15) is 17.5 Å². The normalized spacial score (nSPS) is 12.2. The van der Waals surface area contributed by atoms with Crippen molar-refractivity contribution in [3.05, 3.63) is 35.1 Å². The van der Waals surface area contributed by atoms with Gasteiger partial charge in [0.2, 0.25) is 0 Å². The van der Waals surface area contributed by atoms with Gasteiger partial charge in [-0.2, -0.15) is 0 Å². The van der Waals surface area contributed by atoms with E-state index in [1.54, 1.807) is 14.2 Å². The van der Waals surface area contributed by atoms with Crippen LogP contribution in [0.5, 0.6) is 0 Å². The fourth-order valence-electron chi connectivity index (χ4n) is 2.61. The van der Waals surface area contributed by atoms with E-state index in [9.17, 15) is 13.2 Å². The van der Waals surface area contributed by atoms with Gasteiger partial charge in [0.25, 0.3) is 0 Å². The van der Waals surface area contributed by atoms with Gasteiger partial charge in [-0.3, -0.25) is 0 Å². The zero-order valence-corrected chi connectivity index (χ0v) is 15.8. The molecule has 0 aliphatic carbocycles. The van der Waals surface area contributed by atoms with Crippen molar-refractivity contribution in [3.8, 4) is 0 Å². The van der Waals surface area contributed by atoms with Crippen molar-refractivity contribution >= 4 is 8.80 Å². The number of halogens is 3. The second-order valence-electron chi connectivity index (χ2n) is 6.02. The Morgan fingerprint density at radius 3 is 1.96 bits per heavy atom. The maximum Gasteiger partial charge on any atom is 0.500 e. The van der Waals surface area contributed by atoms with Crippen molar-refractivity contribution in [2.45, 2.75) is 58.1 Å². The first-order chi connectivity index (χ1) is 11.3. The summed E-state index contributed by atoms with van der Waals surface area (Å²) in [5.41, 5.74) is -0.0444. The van der Waals surface area contributed by atoms with Crippen LogP contribution in [0.25, 0.3) is 0 Å². The molecule has 0 aliphatic heterocycles. The average Bonchev–Trinajstić information content (AvgIpc) is 2.51. The fourth-order valence-corrected chi connectivity index (χ4v) is 4.90. The van der Waals surface area contributed by atoms with Crippen LogP contribution in [0.1, 0.15) is 45.1 Å². The van der Waals surface area contributed by atoms with Crippen LogP contribution < -0.4 is 0 Å². The quantitative estimate of drug-likeness (QED) is 0.414. The zero-order valence-electron chi connectivity index (χ0n) is 14.8. The molecule has 0 radical (unpaired) electrons. The van der Waals surface area contributed by atoms with Crippen molar-refractivity contribution in [3.63, 3.8) is 0 Å². The lowest BCUT2D eigenvalue weighted by Crippen LogP contribution is -2.45. The summed E-state index contributed by atoms with van der Waals surface area (Å²) in [6.45, 7) is 3.87. The standard InChI is InChI=1S/C17H27F3O3Si/c1-13(2)23-24(21-3,22-4)10-8-6-5-7-9-15-16(19)11-14(18)12-17(15)20/h11-13H,5-10H2,1-4H3. The lowest BCUT2D eigenvalue weighted by Gasteiger charge is -2.28. The molecule has 0 saturated heterocycles. The Balaban J connectivity index is 2.36. The topological polar surface area (TPSA) is 27.7 Å². The maximum absolute atomic E-state index is 13.5. The van der Waals surface area contributed by atoms with Gasteiger partial charge in [-0.05, 0) is 33.1 Å². The Hall–Kier alpha value is -0.893. The van der Waals surface area contributed by atoms with E-state index >= 15 is 0 Å². The summed E-state index contributed by atoms with van der Waals surface area (Å²) in [5.74, 6) is -2.52. The molecule has 3 nitrogen and oxygen atoms in total. The largest absolute Gasteiger partial charge is 0.500 e. The molecule has 0 bridgehead atoms. The van der Waals surface area contributed by atoms with Crippen molar-refractivity contribution in [2.75, 3.05) is 14.2 Å². The third-order valence-corrected chi connectivity index (χ3v) is 6.84. The Morgan fingerprint density at radius 2 is 1.46 bits per heavy atom. The molecule has 0 atom stereocenters. The van der Waals surface area contributed by atoms with E-state index in [1.165, 1.54) is 0 Å². The fraction of sp³-hybridized carbons (Fsp3) is 0.647. The Morgan fingerprint density at radius 1 is 0.917 bits per heavy atom. The van der Waals surface area contributed by atoms with Gasteiger partial charge in [0.05, 0.1) is 0 Å². The van der Waals surface area contributed by atoms with Gasteiger partial charge in [-0.25, -0.2) is 13.2 Å². The van der Waals surface area contributed by atoms with Crippen LogP contribution in [0, 0.1) is 17.5 Å². The Bertz CT molecular complexity index is 485. The highest BCUT2D eigenvalue weighted by atomic mass is 28.4. The van der Waals surface area contributed by atoms with E-state index in [0.29, 0.717) is 12.5 Å². The minimum absolute atomic E-state index is 0.0287. The van der Waals surface area contributed by atoms with Gasteiger partial charge < -0.3 is 13.3 Å². The molecule has 0 spiro atoms. The second-order valence-corrected chi connectivity index (χ2v) is 8.94. The average molecular weight is 364 g/mol. The molecule has 1 rings (SSSR count). The first-order valence-corrected chi connectivity index (χ1v) is 10.2. The SMILES string of the molecule is CO[Si](CCCCCCc1c(F)cc(F)cc1F)(OC)OC(C)C. The van der Waals surface area contributed by atoms with Gasteiger partial charge in [-0.15, -0.1) is 0 Å². The molecule has 0 saturated carbocycles. The highest BCUT2D eigenvalue weighted by Gasteiger charge is 2.39. The summed E-state index contributed by atoms with van der Waals surface area (Å²) in [4.78, 5) is 0. The summed E-state index contributed by atoms with van der Waals surface area (Å²) in [7, 11) is 0.574. The summed E-state index contributed by atoms with van der Waals surface area (Å²) in [6, 6.07) is 2.15. The molecule has 24 heavy (non-hydrogen) atoms. The third-order valence-electron chi connectivity index (χ3n) is 3.80. The molecule has 0 N–H and O–H groups in total. The van der Waals surface area contributed by atoms with E-state index < -0.39 is 26.3 Å². The van der Waals surface area contributed by atoms with E-state index in [-0.39, 0.29) is 18.1 Å². The molecular formula is C17H27F3O3Si. The maximum atomic E-state index is 13.5. The smallest absolute Gasteiger partial charge is 0.377 e. The summed E-state index contributed by atoms with van der Waals surface area (Å²) in [5, 5.41) is 0. The van der Waals surface area contributed by atoms with E-state index in [4.69, 9.17) is 13.3 Å². The van der Waals surface area contributed by atoms with E-state index in [0.717, 1.165) is 31.4 Å². The summed E-state index contributed by atoms with van der Waals surface area (Å²) >= 11 is 0. The van der Waals surface area contributed by atoms with E-state index in [2.05, 4.69) is 0 Å².